The zero-order valence-corrected chi connectivity index (χ0v) is 11.2. The molecule has 0 bridgehead atoms. The van der Waals surface area contributed by atoms with Crippen LogP contribution in [0.15, 0.2) is 22.7 Å². The molecule has 1 heterocycles. The second-order valence-corrected chi connectivity index (χ2v) is 5.30. The van der Waals surface area contributed by atoms with Crippen molar-refractivity contribution in [3.63, 3.8) is 0 Å². The van der Waals surface area contributed by atoms with Gasteiger partial charge in [-0.15, -0.1) is 0 Å². The first-order chi connectivity index (χ1) is 8.24. The molecule has 1 N–H and O–H groups in total. The molecule has 0 aliphatic carbocycles. The maximum Gasteiger partial charge on any atom is 0.101 e. The van der Waals surface area contributed by atoms with Crippen LogP contribution in [-0.4, -0.2) is 24.8 Å². The molecule has 4 heteroatoms. The molecular weight excluding hydrogens is 280 g/mol. The van der Waals surface area contributed by atoms with Gasteiger partial charge in [-0.1, -0.05) is 15.9 Å². The summed E-state index contributed by atoms with van der Waals surface area (Å²) in [5.74, 6) is 0.423. The normalized spacial score (nSPS) is 16.9. The van der Waals surface area contributed by atoms with Crippen molar-refractivity contribution in [2.24, 2.45) is 5.92 Å². The van der Waals surface area contributed by atoms with Crippen LogP contribution in [0.5, 0.6) is 0 Å². The summed E-state index contributed by atoms with van der Waals surface area (Å²) in [6.07, 6.45) is 1.99. The van der Waals surface area contributed by atoms with E-state index in [9.17, 15) is 0 Å². The Balaban J connectivity index is 2.16. The van der Waals surface area contributed by atoms with E-state index in [1.54, 1.807) is 0 Å². The van der Waals surface area contributed by atoms with E-state index in [0.717, 1.165) is 36.1 Å². The predicted molar refractivity (Wildman–Crippen MR) is 70.9 cm³/mol. The molecule has 0 amide bonds. The molecular formula is C13H15BrN2O. The smallest absolute Gasteiger partial charge is 0.101 e. The minimum Gasteiger partial charge on any atom is -0.396 e. The molecule has 0 spiro atoms. The molecule has 0 unspecified atom stereocenters. The lowest BCUT2D eigenvalue weighted by atomic mass is 9.97. The van der Waals surface area contributed by atoms with Gasteiger partial charge >= 0.3 is 0 Å². The number of aliphatic hydroxyl groups is 1. The van der Waals surface area contributed by atoms with E-state index in [-0.39, 0.29) is 6.61 Å². The SMILES string of the molecule is N#Cc1cc(Br)ccc1N1CCC(CO)CC1. The Kier molecular flexibility index (Phi) is 4.03. The van der Waals surface area contributed by atoms with Gasteiger partial charge in [0.2, 0.25) is 0 Å². The molecule has 0 saturated carbocycles. The lowest BCUT2D eigenvalue weighted by Crippen LogP contribution is -2.35. The summed E-state index contributed by atoms with van der Waals surface area (Å²) in [7, 11) is 0. The molecule has 17 heavy (non-hydrogen) atoms. The Morgan fingerprint density at radius 2 is 2.12 bits per heavy atom. The fourth-order valence-corrected chi connectivity index (χ4v) is 2.59. The number of nitriles is 1. The quantitative estimate of drug-likeness (QED) is 0.912. The molecule has 0 radical (unpaired) electrons. The van der Waals surface area contributed by atoms with Crippen molar-refractivity contribution in [3.8, 4) is 6.07 Å². The van der Waals surface area contributed by atoms with Gasteiger partial charge in [0.1, 0.15) is 6.07 Å². The maximum atomic E-state index is 9.13. The zero-order valence-electron chi connectivity index (χ0n) is 9.56. The van der Waals surface area contributed by atoms with Crippen molar-refractivity contribution in [1.29, 1.82) is 5.26 Å². The fourth-order valence-electron chi connectivity index (χ4n) is 2.23. The number of hydrogen-bond donors (Lipinski definition) is 1. The summed E-state index contributed by atoms with van der Waals surface area (Å²) in [5, 5.41) is 18.2. The van der Waals surface area contributed by atoms with E-state index >= 15 is 0 Å². The molecule has 90 valence electrons. The summed E-state index contributed by atoms with van der Waals surface area (Å²) in [6.45, 7) is 2.11. The van der Waals surface area contributed by atoms with Crippen LogP contribution in [0, 0.1) is 17.2 Å². The first kappa shape index (κ1) is 12.4. The van der Waals surface area contributed by atoms with Crippen molar-refractivity contribution in [1.82, 2.24) is 0 Å². The summed E-state index contributed by atoms with van der Waals surface area (Å²) in [4.78, 5) is 2.23. The topological polar surface area (TPSA) is 47.3 Å². The Bertz CT molecular complexity index is 434. The van der Waals surface area contributed by atoms with Crippen LogP contribution in [0.3, 0.4) is 0 Å². The number of anilines is 1. The first-order valence-corrected chi connectivity index (χ1v) is 6.59. The van der Waals surface area contributed by atoms with E-state index in [4.69, 9.17) is 10.4 Å². The molecule has 1 saturated heterocycles. The number of benzene rings is 1. The lowest BCUT2D eigenvalue weighted by molar-refractivity contribution is 0.203. The number of aliphatic hydroxyl groups excluding tert-OH is 1. The van der Waals surface area contributed by atoms with Gasteiger partial charge in [0, 0.05) is 24.2 Å². The highest BCUT2D eigenvalue weighted by Crippen LogP contribution is 2.28. The number of hydrogen-bond acceptors (Lipinski definition) is 3. The van der Waals surface area contributed by atoms with Crippen LogP contribution < -0.4 is 4.90 Å². The third kappa shape index (κ3) is 2.80. The molecule has 1 aromatic rings. The van der Waals surface area contributed by atoms with E-state index < -0.39 is 0 Å². The second-order valence-electron chi connectivity index (χ2n) is 4.39. The zero-order chi connectivity index (χ0) is 12.3. The van der Waals surface area contributed by atoms with Crippen molar-refractivity contribution in [2.45, 2.75) is 12.8 Å². The molecule has 0 atom stereocenters. The highest BCUT2D eigenvalue weighted by atomic mass is 79.9. The molecule has 1 aromatic carbocycles. The van der Waals surface area contributed by atoms with Gasteiger partial charge < -0.3 is 10.0 Å². The minimum absolute atomic E-state index is 0.277. The molecule has 1 aliphatic heterocycles. The molecule has 1 fully saturated rings. The van der Waals surface area contributed by atoms with Crippen LogP contribution >= 0.6 is 15.9 Å². The predicted octanol–water partition coefficient (Wildman–Crippen LogP) is 2.53. The summed E-state index contributed by atoms with van der Waals surface area (Å²) < 4.78 is 0.933. The highest BCUT2D eigenvalue weighted by Gasteiger charge is 2.20. The molecule has 1 aliphatic rings. The van der Waals surface area contributed by atoms with Gasteiger partial charge in [0.15, 0.2) is 0 Å². The third-order valence-electron chi connectivity index (χ3n) is 3.29. The summed E-state index contributed by atoms with van der Waals surface area (Å²) in [6, 6.07) is 8.05. The number of nitrogens with zero attached hydrogens (tertiary/aromatic N) is 2. The van der Waals surface area contributed by atoms with Crippen molar-refractivity contribution < 1.29 is 5.11 Å². The van der Waals surface area contributed by atoms with E-state index in [1.807, 2.05) is 18.2 Å². The van der Waals surface area contributed by atoms with Crippen LogP contribution in [0.4, 0.5) is 5.69 Å². The van der Waals surface area contributed by atoms with Crippen molar-refractivity contribution >= 4 is 21.6 Å². The Morgan fingerprint density at radius 1 is 1.41 bits per heavy atom. The molecule has 3 nitrogen and oxygen atoms in total. The van der Waals surface area contributed by atoms with Crippen LogP contribution in [-0.2, 0) is 0 Å². The summed E-state index contributed by atoms with van der Waals surface area (Å²) >= 11 is 3.38. The molecule has 0 aromatic heterocycles. The lowest BCUT2D eigenvalue weighted by Gasteiger charge is -2.33. The van der Waals surface area contributed by atoms with Crippen molar-refractivity contribution in [3.05, 3.63) is 28.2 Å². The first-order valence-electron chi connectivity index (χ1n) is 5.80. The van der Waals surface area contributed by atoms with Gasteiger partial charge in [-0.3, -0.25) is 0 Å². The van der Waals surface area contributed by atoms with Gasteiger partial charge in [-0.05, 0) is 37.0 Å². The number of halogens is 1. The van der Waals surface area contributed by atoms with Crippen LogP contribution in [0.25, 0.3) is 0 Å². The third-order valence-corrected chi connectivity index (χ3v) is 3.79. The highest BCUT2D eigenvalue weighted by molar-refractivity contribution is 9.10. The van der Waals surface area contributed by atoms with Crippen LogP contribution in [0.2, 0.25) is 0 Å². The standard InChI is InChI=1S/C13H15BrN2O/c14-12-1-2-13(11(7-12)8-15)16-5-3-10(9-17)4-6-16/h1-2,7,10,17H,3-6,9H2. The largest absolute Gasteiger partial charge is 0.396 e. The van der Waals surface area contributed by atoms with Gasteiger partial charge in [-0.25, -0.2) is 0 Å². The van der Waals surface area contributed by atoms with E-state index in [2.05, 4.69) is 26.9 Å². The van der Waals surface area contributed by atoms with E-state index in [0.29, 0.717) is 11.5 Å². The monoisotopic (exact) mass is 294 g/mol. The van der Waals surface area contributed by atoms with Gasteiger partial charge in [0.05, 0.1) is 11.3 Å². The van der Waals surface area contributed by atoms with Crippen LogP contribution in [0.1, 0.15) is 18.4 Å². The Hall–Kier alpha value is -1.05. The average Bonchev–Trinajstić information content (AvgIpc) is 2.39. The molecule has 2 rings (SSSR count). The number of rotatable bonds is 2. The average molecular weight is 295 g/mol. The maximum absolute atomic E-state index is 9.13. The Morgan fingerprint density at radius 3 is 2.71 bits per heavy atom. The minimum atomic E-state index is 0.277. The van der Waals surface area contributed by atoms with E-state index in [1.165, 1.54) is 0 Å². The second kappa shape index (κ2) is 5.52. The fraction of sp³-hybridized carbons (Fsp3) is 0.462. The Labute approximate surface area is 110 Å². The van der Waals surface area contributed by atoms with Crippen molar-refractivity contribution in [2.75, 3.05) is 24.6 Å². The number of piperidine rings is 1. The van der Waals surface area contributed by atoms with Gasteiger partial charge in [-0.2, -0.15) is 5.26 Å². The van der Waals surface area contributed by atoms with Gasteiger partial charge in [0.25, 0.3) is 0 Å². The summed E-state index contributed by atoms with van der Waals surface area (Å²) in [5.41, 5.74) is 1.72.